The number of nitrogens with zero attached hydrogens (tertiary/aromatic N) is 3. The number of nitrogens with one attached hydrogen (secondary N) is 1. The Bertz CT molecular complexity index is 611. The summed E-state index contributed by atoms with van der Waals surface area (Å²) in [5.74, 6) is 0.640. The molecule has 0 aliphatic carbocycles. The fourth-order valence-electron chi connectivity index (χ4n) is 1.90. The zero-order valence-electron chi connectivity index (χ0n) is 12.6. The highest BCUT2D eigenvalue weighted by molar-refractivity contribution is 7.09. The molecule has 2 aromatic heterocycles. The van der Waals surface area contributed by atoms with Crippen molar-refractivity contribution in [3.8, 4) is 0 Å². The van der Waals surface area contributed by atoms with Crippen LogP contribution < -0.4 is 5.32 Å². The Labute approximate surface area is 129 Å². The first-order chi connectivity index (χ1) is 10.1. The molecule has 1 amide bonds. The fourth-order valence-corrected chi connectivity index (χ4v) is 2.50. The number of hydrogen-bond donors (Lipinski definition) is 1. The Kier molecular flexibility index (Phi) is 5.27. The largest absolute Gasteiger partial charge is 0.370 e. The highest BCUT2D eigenvalue weighted by atomic mass is 32.1. The Balaban J connectivity index is 2.04. The maximum atomic E-state index is 12.4. The van der Waals surface area contributed by atoms with Gasteiger partial charge < -0.3 is 10.2 Å². The van der Waals surface area contributed by atoms with Crippen molar-refractivity contribution in [3.05, 3.63) is 40.0 Å². The van der Waals surface area contributed by atoms with Gasteiger partial charge in [0.2, 0.25) is 0 Å². The molecule has 21 heavy (non-hydrogen) atoms. The average molecular weight is 304 g/mol. The van der Waals surface area contributed by atoms with Crippen molar-refractivity contribution in [2.45, 2.75) is 26.8 Å². The molecule has 0 saturated heterocycles. The lowest BCUT2D eigenvalue weighted by Gasteiger charge is -2.16. The molecule has 1 N–H and O–H groups in total. The highest BCUT2D eigenvalue weighted by Crippen LogP contribution is 2.12. The van der Waals surface area contributed by atoms with Crippen molar-refractivity contribution in [1.29, 1.82) is 0 Å². The van der Waals surface area contributed by atoms with Crippen molar-refractivity contribution in [3.63, 3.8) is 0 Å². The lowest BCUT2D eigenvalue weighted by Crippen LogP contribution is -2.27. The minimum Gasteiger partial charge on any atom is -0.370 e. The van der Waals surface area contributed by atoms with Crippen LogP contribution in [-0.2, 0) is 6.54 Å². The van der Waals surface area contributed by atoms with E-state index < -0.39 is 0 Å². The zero-order chi connectivity index (χ0) is 15.2. The number of hydrogen-bond acceptors (Lipinski definition) is 5. The molecule has 2 heterocycles. The van der Waals surface area contributed by atoms with E-state index in [-0.39, 0.29) is 5.91 Å². The van der Waals surface area contributed by atoms with Crippen molar-refractivity contribution in [2.24, 2.45) is 0 Å². The summed E-state index contributed by atoms with van der Waals surface area (Å²) in [6, 6.07) is 5.46. The average Bonchev–Trinajstić information content (AvgIpc) is 2.89. The maximum absolute atomic E-state index is 12.4. The van der Waals surface area contributed by atoms with Crippen molar-refractivity contribution < 1.29 is 4.79 Å². The number of anilines is 1. The predicted octanol–water partition coefficient (Wildman–Crippen LogP) is 2.94. The number of aromatic nitrogens is 2. The molecule has 5 nitrogen and oxygen atoms in total. The number of amides is 1. The summed E-state index contributed by atoms with van der Waals surface area (Å²) >= 11 is 1.59. The normalized spacial score (nSPS) is 10.4. The van der Waals surface area contributed by atoms with E-state index >= 15 is 0 Å². The summed E-state index contributed by atoms with van der Waals surface area (Å²) in [5, 5.41) is 6.18. The molecule has 2 aromatic rings. The molecular weight excluding hydrogens is 284 g/mol. The van der Waals surface area contributed by atoms with Gasteiger partial charge in [-0.15, -0.1) is 11.3 Å². The topological polar surface area (TPSA) is 58.1 Å². The number of thiazole rings is 1. The Morgan fingerprint density at radius 1 is 1.38 bits per heavy atom. The van der Waals surface area contributed by atoms with Crippen LogP contribution in [0.4, 0.5) is 5.82 Å². The van der Waals surface area contributed by atoms with E-state index in [4.69, 9.17) is 0 Å². The Morgan fingerprint density at radius 2 is 2.19 bits per heavy atom. The summed E-state index contributed by atoms with van der Waals surface area (Å²) < 4.78 is 0. The van der Waals surface area contributed by atoms with Crippen LogP contribution in [0.5, 0.6) is 0 Å². The van der Waals surface area contributed by atoms with Crippen LogP contribution in [0.1, 0.15) is 34.5 Å². The van der Waals surface area contributed by atoms with Gasteiger partial charge in [-0.05, 0) is 25.5 Å². The van der Waals surface area contributed by atoms with Crippen LogP contribution in [0.3, 0.4) is 0 Å². The Hall–Kier alpha value is -1.95. The van der Waals surface area contributed by atoms with Gasteiger partial charge in [0, 0.05) is 19.0 Å². The maximum Gasteiger partial charge on any atom is 0.272 e. The number of aryl methyl sites for hydroxylation is 1. The van der Waals surface area contributed by atoms with Gasteiger partial charge >= 0.3 is 0 Å². The summed E-state index contributed by atoms with van der Waals surface area (Å²) in [5.41, 5.74) is 1.36. The van der Waals surface area contributed by atoms with E-state index in [1.807, 2.05) is 24.4 Å². The molecule has 0 radical (unpaired) electrons. The fraction of sp³-hybridized carbons (Fsp3) is 0.400. The van der Waals surface area contributed by atoms with Crippen LogP contribution in [0.25, 0.3) is 0 Å². The monoisotopic (exact) mass is 304 g/mol. The van der Waals surface area contributed by atoms with Gasteiger partial charge in [0.15, 0.2) is 0 Å². The molecule has 0 unspecified atom stereocenters. The smallest absolute Gasteiger partial charge is 0.272 e. The summed E-state index contributed by atoms with van der Waals surface area (Å²) in [6.45, 7) is 5.39. The third kappa shape index (κ3) is 4.26. The van der Waals surface area contributed by atoms with Gasteiger partial charge in [0.25, 0.3) is 5.91 Å². The lowest BCUT2D eigenvalue weighted by atomic mass is 10.3. The van der Waals surface area contributed by atoms with Crippen LogP contribution >= 0.6 is 11.3 Å². The summed E-state index contributed by atoms with van der Waals surface area (Å²) in [4.78, 5) is 22.8. The molecule has 0 aliphatic heterocycles. The van der Waals surface area contributed by atoms with E-state index in [9.17, 15) is 4.79 Å². The lowest BCUT2D eigenvalue weighted by molar-refractivity contribution is 0.0778. The molecule has 0 fully saturated rings. The van der Waals surface area contributed by atoms with E-state index in [0.29, 0.717) is 12.2 Å². The first-order valence-electron chi connectivity index (χ1n) is 6.97. The molecule has 0 bridgehead atoms. The van der Waals surface area contributed by atoms with Crippen molar-refractivity contribution >= 4 is 23.1 Å². The van der Waals surface area contributed by atoms with Crippen LogP contribution in [0.2, 0.25) is 0 Å². The van der Waals surface area contributed by atoms with Crippen molar-refractivity contribution in [1.82, 2.24) is 14.9 Å². The molecule has 0 aliphatic rings. The quantitative estimate of drug-likeness (QED) is 0.891. The minimum atomic E-state index is -0.0965. The molecule has 0 saturated carbocycles. The van der Waals surface area contributed by atoms with Gasteiger partial charge in [-0.2, -0.15) is 0 Å². The van der Waals surface area contributed by atoms with Gasteiger partial charge in [-0.3, -0.25) is 4.79 Å². The van der Waals surface area contributed by atoms with Gasteiger partial charge in [0.1, 0.15) is 11.5 Å². The first kappa shape index (κ1) is 15.4. The van der Waals surface area contributed by atoms with E-state index in [1.165, 1.54) is 0 Å². The molecule has 0 aromatic carbocycles. The number of rotatable bonds is 6. The number of carbonyl (C=O) groups excluding carboxylic acids is 1. The predicted molar refractivity (Wildman–Crippen MR) is 85.7 cm³/mol. The van der Waals surface area contributed by atoms with Gasteiger partial charge in [-0.1, -0.05) is 13.0 Å². The number of carbonyl (C=O) groups is 1. The molecule has 112 valence electrons. The van der Waals surface area contributed by atoms with Gasteiger partial charge in [-0.25, -0.2) is 9.97 Å². The second-order valence-electron chi connectivity index (χ2n) is 4.85. The van der Waals surface area contributed by atoms with E-state index in [1.54, 1.807) is 29.4 Å². The second-order valence-corrected chi connectivity index (χ2v) is 5.92. The molecule has 6 heteroatoms. The van der Waals surface area contributed by atoms with Gasteiger partial charge in [0.05, 0.1) is 17.2 Å². The first-order valence-corrected chi connectivity index (χ1v) is 7.85. The van der Waals surface area contributed by atoms with Crippen LogP contribution in [0.15, 0.2) is 23.6 Å². The second kappa shape index (κ2) is 7.17. The molecular formula is C15H20N4OS. The van der Waals surface area contributed by atoms with E-state index in [2.05, 4.69) is 22.2 Å². The molecule has 0 atom stereocenters. The van der Waals surface area contributed by atoms with Crippen molar-refractivity contribution in [2.75, 3.05) is 18.9 Å². The standard InChI is InChI=1S/C15H20N4OS/c1-4-8-16-14-7-5-6-13(18-14)15(20)19(3)9-12-10-21-11(2)17-12/h5-7,10H,4,8-9H2,1-3H3,(H,16,18). The zero-order valence-corrected chi connectivity index (χ0v) is 13.4. The number of pyridine rings is 1. The van der Waals surface area contributed by atoms with E-state index in [0.717, 1.165) is 29.5 Å². The summed E-state index contributed by atoms with van der Waals surface area (Å²) in [6.07, 6.45) is 1.02. The summed E-state index contributed by atoms with van der Waals surface area (Å²) in [7, 11) is 1.77. The molecule has 2 rings (SSSR count). The third-order valence-electron chi connectivity index (χ3n) is 2.94. The van der Waals surface area contributed by atoms with Crippen LogP contribution in [0, 0.1) is 6.92 Å². The Morgan fingerprint density at radius 3 is 2.86 bits per heavy atom. The molecule has 0 spiro atoms. The third-order valence-corrected chi connectivity index (χ3v) is 3.76. The highest BCUT2D eigenvalue weighted by Gasteiger charge is 2.15. The minimum absolute atomic E-state index is 0.0965. The SMILES string of the molecule is CCCNc1cccc(C(=O)N(C)Cc2csc(C)n2)n1. The van der Waals surface area contributed by atoms with Crippen LogP contribution in [-0.4, -0.2) is 34.4 Å².